The first-order valence-electron chi connectivity index (χ1n) is 8.04. The van der Waals surface area contributed by atoms with Crippen LogP contribution >= 0.6 is 11.8 Å². The highest BCUT2D eigenvalue weighted by atomic mass is 32.2. The number of rotatable bonds is 6. The maximum Gasteiger partial charge on any atom is 0.341 e. The second-order valence-electron chi connectivity index (χ2n) is 5.75. The molecule has 2 N–H and O–H groups in total. The number of carbonyl (C=O) groups excluding carboxylic acids is 1. The first-order chi connectivity index (χ1) is 12.1. The van der Waals surface area contributed by atoms with Crippen LogP contribution in [0.3, 0.4) is 0 Å². The summed E-state index contributed by atoms with van der Waals surface area (Å²) in [6, 6.07) is 15.2. The van der Waals surface area contributed by atoms with Crippen LogP contribution in [0, 0.1) is 0 Å². The van der Waals surface area contributed by atoms with Crippen LogP contribution in [-0.2, 0) is 22.6 Å². The Balaban J connectivity index is 1.61. The van der Waals surface area contributed by atoms with Crippen molar-refractivity contribution >= 4 is 23.6 Å². The summed E-state index contributed by atoms with van der Waals surface area (Å²) in [7, 11) is 0. The molecule has 1 amide bonds. The average Bonchev–Trinajstić information content (AvgIpc) is 2.64. The van der Waals surface area contributed by atoms with Gasteiger partial charge in [0, 0.05) is 6.54 Å². The Bertz CT molecular complexity index is 778. The molecule has 0 radical (unpaired) electrons. The van der Waals surface area contributed by atoms with Gasteiger partial charge in [0.1, 0.15) is 11.0 Å². The Morgan fingerprint density at radius 1 is 1.20 bits per heavy atom. The highest BCUT2D eigenvalue weighted by molar-refractivity contribution is 8.00. The monoisotopic (exact) mass is 357 g/mol. The number of aliphatic carboxylic acids is 1. The van der Waals surface area contributed by atoms with Crippen LogP contribution in [0.1, 0.15) is 21.9 Å². The SMILES string of the molecule is O=C(O)COc1cccc(CNC(=O)C2SCCc3ccccc32)c1. The summed E-state index contributed by atoms with van der Waals surface area (Å²) in [6.07, 6.45) is 0.994. The molecular weight excluding hydrogens is 338 g/mol. The number of carboxylic acid groups (broad SMARTS) is 1. The summed E-state index contributed by atoms with van der Waals surface area (Å²) < 4.78 is 5.16. The molecule has 1 aliphatic heterocycles. The normalized spacial score (nSPS) is 15.9. The van der Waals surface area contributed by atoms with Gasteiger partial charge in [-0.25, -0.2) is 4.79 Å². The minimum atomic E-state index is -1.02. The van der Waals surface area contributed by atoms with Gasteiger partial charge in [0.15, 0.2) is 6.61 Å². The number of amides is 1. The molecule has 0 aliphatic carbocycles. The number of aryl methyl sites for hydroxylation is 1. The molecule has 1 unspecified atom stereocenters. The highest BCUT2D eigenvalue weighted by Gasteiger charge is 2.26. The van der Waals surface area contributed by atoms with Gasteiger partial charge in [-0.05, 0) is 41.0 Å². The third kappa shape index (κ3) is 4.54. The second kappa shape index (κ2) is 8.07. The fourth-order valence-corrected chi connectivity index (χ4v) is 4.00. The molecule has 5 nitrogen and oxygen atoms in total. The van der Waals surface area contributed by atoms with E-state index in [1.165, 1.54) is 5.56 Å². The van der Waals surface area contributed by atoms with E-state index in [9.17, 15) is 9.59 Å². The number of fused-ring (bicyclic) bond motifs is 1. The third-order valence-electron chi connectivity index (χ3n) is 3.96. The summed E-state index contributed by atoms with van der Waals surface area (Å²) in [6.45, 7) is -0.00631. The molecule has 1 aliphatic rings. The van der Waals surface area contributed by atoms with Crippen LogP contribution in [0.25, 0.3) is 0 Å². The van der Waals surface area contributed by atoms with Crippen LogP contribution < -0.4 is 10.1 Å². The van der Waals surface area contributed by atoms with E-state index in [2.05, 4.69) is 11.4 Å². The molecule has 25 heavy (non-hydrogen) atoms. The zero-order valence-corrected chi connectivity index (χ0v) is 14.4. The van der Waals surface area contributed by atoms with Crippen molar-refractivity contribution in [2.75, 3.05) is 12.4 Å². The van der Waals surface area contributed by atoms with E-state index in [4.69, 9.17) is 9.84 Å². The number of nitrogens with one attached hydrogen (secondary N) is 1. The van der Waals surface area contributed by atoms with E-state index < -0.39 is 5.97 Å². The Morgan fingerprint density at radius 2 is 2.04 bits per heavy atom. The van der Waals surface area contributed by atoms with Gasteiger partial charge < -0.3 is 15.2 Å². The minimum Gasteiger partial charge on any atom is -0.482 e. The Labute approximate surface area is 150 Å². The van der Waals surface area contributed by atoms with Crippen molar-refractivity contribution < 1.29 is 19.4 Å². The van der Waals surface area contributed by atoms with Gasteiger partial charge in [-0.15, -0.1) is 11.8 Å². The zero-order chi connectivity index (χ0) is 17.6. The number of thioether (sulfide) groups is 1. The lowest BCUT2D eigenvalue weighted by atomic mass is 10.0. The number of hydrogen-bond acceptors (Lipinski definition) is 4. The lowest BCUT2D eigenvalue weighted by Crippen LogP contribution is -2.29. The molecule has 2 aromatic rings. The smallest absolute Gasteiger partial charge is 0.341 e. The van der Waals surface area contributed by atoms with Crippen LogP contribution in [-0.4, -0.2) is 29.3 Å². The lowest BCUT2D eigenvalue weighted by molar-refractivity contribution is -0.139. The first kappa shape index (κ1) is 17.4. The molecule has 0 bridgehead atoms. The van der Waals surface area contributed by atoms with Gasteiger partial charge >= 0.3 is 5.97 Å². The van der Waals surface area contributed by atoms with Crippen LogP contribution in [0.15, 0.2) is 48.5 Å². The topological polar surface area (TPSA) is 75.6 Å². The number of carboxylic acids is 1. The molecular formula is C19H19NO4S. The van der Waals surface area contributed by atoms with Crippen molar-refractivity contribution in [3.05, 3.63) is 65.2 Å². The predicted octanol–water partition coefficient (Wildman–Crippen LogP) is 2.80. The summed E-state index contributed by atoms with van der Waals surface area (Å²) in [5, 5.41) is 11.4. The van der Waals surface area contributed by atoms with Gasteiger partial charge in [0.25, 0.3) is 0 Å². The lowest BCUT2D eigenvalue weighted by Gasteiger charge is -2.24. The summed E-state index contributed by atoms with van der Waals surface area (Å²) in [5.74, 6) is 0.389. The van der Waals surface area contributed by atoms with Gasteiger partial charge in [-0.2, -0.15) is 0 Å². The van der Waals surface area contributed by atoms with Gasteiger partial charge in [0.2, 0.25) is 5.91 Å². The molecule has 0 saturated heterocycles. The van der Waals surface area contributed by atoms with Crippen LogP contribution in [0.2, 0.25) is 0 Å². The number of hydrogen-bond donors (Lipinski definition) is 2. The molecule has 2 aromatic carbocycles. The van der Waals surface area contributed by atoms with Crippen molar-refractivity contribution in [2.45, 2.75) is 18.2 Å². The zero-order valence-electron chi connectivity index (χ0n) is 13.6. The maximum atomic E-state index is 12.6. The molecule has 0 saturated carbocycles. The highest BCUT2D eigenvalue weighted by Crippen LogP contribution is 2.36. The van der Waals surface area contributed by atoms with E-state index in [1.807, 2.05) is 24.3 Å². The van der Waals surface area contributed by atoms with Gasteiger partial charge in [-0.3, -0.25) is 4.79 Å². The molecule has 1 atom stereocenters. The molecule has 0 fully saturated rings. The van der Waals surface area contributed by atoms with E-state index in [0.29, 0.717) is 12.3 Å². The number of carbonyl (C=O) groups is 2. The van der Waals surface area contributed by atoms with Crippen molar-refractivity contribution in [1.29, 1.82) is 0 Å². The standard InChI is InChI=1S/C19H19NO4S/c21-17(22)12-24-15-6-3-4-13(10-15)11-20-19(23)18-16-7-2-1-5-14(16)8-9-25-18/h1-7,10,18H,8-9,11-12H2,(H,20,23)(H,21,22). The predicted molar refractivity (Wildman–Crippen MR) is 96.8 cm³/mol. The summed E-state index contributed by atoms with van der Waals surface area (Å²) >= 11 is 1.66. The fourth-order valence-electron chi connectivity index (χ4n) is 2.78. The number of ether oxygens (including phenoxy) is 1. The molecule has 130 valence electrons. The quantitative estimate of drug-likeness (QED) is 0.831. The Morgan fingerprint density at radius 3 is 2.88 bits per heavy atom. The van der Waals surface area contributed by atoms with E-state index in [1.54, 1.807) is 30.0 Å². The van der Waals surface area contributed by atoms with Crippen molar-refractivity contribution in [1.82, 2.24) is 5.32 Å². The van der Waals surface area contributed by atoms with Crippen molar-refractivity contribution in [3.8, 4) is 5.75 Å². The maximum absolute atomic E-state index is 12.6. The van der Waals surface area contributed by atoms with E-state index >= 15 is 0 Å². The third-order valence-corrected chi connectivity index (χ3v) is 5.20. The average molecular weight is 357 g/mol. The number of benzene rings is 2. The Kier molecular flexibility index (Phi) is 5.60. The van der Waals surface area contributed by atoms with Gasteiger partial charge in [0.05, 0.1) is 0 Å². The molecule has 1 heterocycles. The second-order valence-corrected chi connectivity index (χ2v) is 6.96. The van der Waals surface area contributed by atoms with Crippen LogP contribution in [0.5, 0.6) is 5.75 Å². The van der Waals surface area contributed by atoms with Gasteiger partial charge in [-0.1, -0.05) is 36.4 Å². The van der Waals surface area contributed by atoms with E-state index in [0.717, 1.165) is 23.3 Å². The first-order valence-corrected chi connectivity index (χ1v) is 9.09. The van der Waals surface area contributed by atoms with Crippen molar-refractivity contribution in [2.24, 2.45) is 0 Å². The van der Waals surface area contributed by atoms with E-state index in [-0.39, 0.29) is 17.8 Å². The molecule has 0 spiro atoms. The summed E-state index contributed by atoms with van der Waals surface area (Å²) in [5.41, 5.74) is 3.20. The van der Waals surface area contributed by atoms with Crippen LogP contribution in [0.4, 0.5) is 0 Å². The minimum absolute atomic E-state index is 0.00555. The molecule has 6 heteroatoms. The Hall–Kier alpha value is -2.47. The largest absolute Gasteiger partial charge is 0.482 e. The molecule has 3 rings (SSSR count). The fraction of sp³-hybridized carbons (Fsp3) is 0.263. The summed E-state index contributed by atoms with van der Waals surface area (Å²) in [4.78, 5) is 23.2. The van der Waals surface area contributed by atoms with Crippen molar-refractivity contribution in [3.63, 3.8) is 0 Å². The molecule has 0 aromatic heterocycles.